The Morgan fingerprint density at radius 1 is 1.03 bits per heavy atom. The summed E-state index contributed by atoms with van der Waals surface area (Å²) in [5.74, 6) is -0.386. The number of nitrogens with zero attached hydrogens (tertiary/aromatic N) is 2. The third kappa shape index (κ3) is 4.08. The number of para-hydroxylation sites is 1. The fourth-order valence-electron chi connectivity index (χ4n) is 3.63. The number of fused-ring (bicyclic) bond motifs is 2. The highest BCUT2D eigenvalue weighted by Crippen LogP contribution is 2.29. The Kier molecular flexibility index (Phi) is 5.57. The molecule has 1 aliphatic carbocycles. The van der Waals surface area contributed by atoms with Gasteiger partial charge in [0.15, 0.2) is 6.61 Å². The number of pyridine rings is 1. The molecule has 2 N–H and O–H groups in total. The zero-order chi connectivity index (χ0) is 20.9. The maximum absolute atomic E-state index is 13.0. The van der Waals surface area contributed by atoms with Crippen molar-refractivity contribution in [2.24, 2.45) is 0 Å². The Morgan fingerprint density at radius 2 is 1.80 bits per heavy atom. The van der Waals surface area contributed by atoms with E-state index in [1.54, 1.807) is 24.3 Å². The van der Waals surface area contributed by atoms with Crippen molar-refractivity contribution in [2.75, 3.05) is 6.61 Å². The van der Waals surface area contributed by atoms with Gasteiger partial charge in [-0.25, -0.2) is 0 Å². The Hall–Kier alpha value is -3.92. The van der Waals surface area contributed by atoms with Crippen LogP contribution in [0.25, 0.3) is 10.9 Å². The standard InChI is InChI=1S/C23H20N4O3/c24-13-15-9-11-16(12-10-15)30-14-21(28)26-27-23(29)22-17-5-1-3-7-19(17)25-20-8-4-2-6-18(20)22/h1,3,5,7,9-12H,2,4,6,8,14H2,(H,26,28)(H,27,29). The summed E-state index contributed by atoms with van der Waals surface area (Å²) in [6.07, 6.45) is 3.72. The number of aryl methyl sites for hydroxylation is 1. The van der Waals surface area contributed by atoms with Gasteiger partial charge in [-0.05, 0) is 61.6 Å². The lowest BCUT2D eigenvalue weighted by Gasteiger charge is -2.20. The lowest BCUT2D eigenvalue weighted by Crippen LogP contribution is -2.44. The molecular formula is C23H20N4O3. The first-order valence-electron chi connectivity index (χ1n) is 9.78. The molecule has 0 saturated heterocycles. The SMILES string of the molecule is N#Cc1ccc(OCC(=O)NNC(=O)c2c3c(nc4ccccc24)CCCC3)cc1. The van der Waals surface area contributed by atoms with Gasteiger partial charge in [-0.2, -0.15) is 5.26 Å². The first-order valence-corrected chi connectivity index (χ1v) is 9.78. The number of benzene rings is 2. The minimum Gasteiger partial charge on any atom is -0.484 e. The van der Waals surface area contributed by atoms with Gasteiger partial charge in [0, 0.05) is 11.1 Å². The molecule has 1 aromatic heterocycles. The molecule has 0 aliphatic heterocycles. The molecule has 0 atom stereocenters. The average Bonchev–Trinajstić information content (AvgIpc) is 2.79. The maximum Gasteiger partial charge on any atom is 0.276 e. The molecular weight excluding hydrogens is 380 g/mol. The number of hydrogen-bond donors (Lipinski definition) is 2. The molecule has 7 nitrogen and oxygen atoms in total. The van der Waals surface area contributed by atoms with Gasteiger partial charge in [-0.1, -0.05) is 18.2 Å². The van der Waals surface area contributed by atoms with Crippen molar-refractivity contribution in [3.8, 4) is 11.8 Å². The average molecular weight is 400 g/mol. The van der Waals surface area contributed by atoms with Gasteiger partial charge in [0.2, 0.25) is 0 Å². The van der Waals surface area contributed by atoms with Gasteiger partial charge in [-0.3, -0.25) is 25.4 Å². The third-order valence-corrected chi connectivity index (χ3v) is 5.07. The monoisotopic (exact) mass is 400 g/mol. The molecule has 0 radical (unpaired) electrons. The van der Waals surface area contributed by atoms with E-state index in [9.17, 15) is 9.59 Å². The van der Waals surface area contributed by atoms with E-state index in [0.29, 0.717) is 16.9 Å². The summed E-state index contributed by atoms with van der Waals surface area (Å²) >= 11 is 0. The van der Waals surface area contributed by atoms with Crippen LogP contribution in [0.2, 0.25) is 0 Å². The predicted molar refractivity (Wildman–Crippen MR) is 111 cm³/mol. The number of nitrogens with one attached hydrogen (secondary N) is 2. The lowest BCUT2D eigenvalue weighted by atomic mass is 9.89. The van der Waals surface area contributed by atoms with Crippen molar-refractivity contribution in [2.45, 2.75) is 25.7 Å². The van der Waals surface area contributed by atoms with Gasteiger partial charge < -0.3 is 4.74 Å². The summed E-state index contributed by atoms with van der Waals surface area (Å²) in [5, 5.41) is 9.58. The smallest absolute Gasteiger partial charge is 0.276 e. The second kappa shape index (κ2) is 8.62. The number of carbonyl (C=O) groups excluding carboxylic acids is 2. The topological polar surface area (TPSA) is 104 Å². The minimum atomic E-state index is -0.486. The molecule has 2 amide bonds. The number of carbonyl (C=O) groups is 2. The van der Waals surface area contributed by atoms with Crippen LogP contribution in [-0.2, 0) is 17.6 Å². The van der Waals surface area contributed by atoms with Crippen LogP contribution in [0.5, 0.6) is 5.75 Å². The molecule has 0 unspecified atom stereocenters. The van der Waals surface area contributed by atoms with Gasteiger partial charge in [0.05, 0.1) is 22.7 Å². The number of rotatable bonds is 4. The van der Waals surface area contributed by atoms with E-state index in [-0.39, 0.29) is 12.5 Å². The third-order valence-electron chi connectivity index (χ3n) is 5.07. The zero-order valence-corrected chi connectivity index (χ0v) is 16.3. The van der Waals surface area contributed by atoms with Crippen LogP contribution >= 0.6 is 0 Å². The van der Waals surface area contributed by atoms with Crippen molar-refractivity contribution in [3.05, 3.63) is 70.9 Å². The quantitative estimate of drug-likeness (QED) is 0.656. The van der Waals surface area contributed by atoms with Crippen LogP contribution in [0.15, 0.2) is 48.5 Å². The largest absolute Gasteiger partial charge is 0.484 e. The van der Waals surface area contributed by atoms with Gasteiger partial charge in [0.25, 0.3) is 11.8 Å². The van der Waals surface area contributed by atoms with Gasteiger partial charge in [0.1, 0.15) is 5.75 Å². The molecule has 150 valence electrons. The van der Waals surface area contributed by atoms with Crippen molar-refractivity contribution in [1.82, 2.24) is 15.8 Å². The second-order valence-corrected chi connectivity index (χ2v) is 7.06. The van der Waals surface area contributed by atoms with Crippen molar-refractivity contribution in [1.29, 1.82) is 5.26 Å². The number of amides is 2. The maximum atomic E-state index is 13.0. The molecule has 0 spiro atoms. The van der Waals surface area contributed by atoms with Crippen molar-refractivity contribution >= 4 is 22.7 Å². The van der Waals surface area contributed by atoms with Crippen LogP contribution in [0.1, 0.15) is 40.0 Å². The highest BCUT2D eigenvalue weighted by atomic mass is 16.5. The molecule has 3 aromatic rings. The molecule has 0 saturated carbocycles. The first-order chi connectivity index (χ1) is 14.7. The number of hydrogen-bond acceptors (Lipinski definition) is 5. The van der Waals surface area contributed by atoms with E-state index >= 15 is 0 Å². The fourth-order valence-corrected chi connectivity index (χ4v) is 3.63. The highest BCUT2D eigenvalue weighted by Gasteiger charge is 2.22. The van der Waals surface area contributed by atoms with Gasteiger partial charge in [-0.15, -0.1) is 0 Å². The predicted octanol–water partition coefficient (Wildman–Crippen LogP) is 2.83. The molecule has 30 heavy (non-hydrogen) atoms. The van der Waals surface area contributed by atoms with E-state index in [1.807, 2.05) is 30.3 Å². The van der Waals surface area contributed by atoms with Gasteiger partial charge >= 0.3 is 0 Å². The van der Waals surface area contributed by atoms with E-state index in [2.05, 4.69) is 10.9 Å². The van der Waals surface area contributed by atoms with Crippen LogP contribution in [-0.4, -0.2) is 23.4 Å². The molecule has 7 heteroatoms. The van der Waals surface area contributed by atoms with Crippen LogP contribution in [0.3, 0.4) is 0 Å². The van der Waals surface area contributed by atoms with E-state index in [0.717, 1.165) is 47.8 Å². The Bertz CT molecular complexity index is 1150. The van der Waals surface area contributed by atoms with Crippen LogP contribution in [0.4, 0.5) is 0 Å². The molecule has 4 rings (SSSR count). The van der Waals surface area contributed by atoms with Crippen molar-refractivity contribution in [3.63, 3.8) is 0 Å². The molecule has 0 bridgehead atoms. The Morgan fingerprint density at radius 3 is 2.60 bits per heavy atom. The van der Waals surface area contributed by atoms with E-state index < -0.39 is 5.91 Å². The number of hydrazine groups is 1. The summed E-state index contributed by atoms with van der Waals surface area (Å²) in [6, 6.07) is 16.0. The Balaban J connectivity index is 1.44. The number of aromatic nitrogens is 1. The fraction of sp³-hybridized carbons (Fsp3) is 0.217. The highest BCUT2D eigenvalue weighted by molar-refractivity contribution is 6.08. The first kappa shape index (κ1) is 19.4. The molecule has 1 aliphatic rings. The normalized spacial score (nSPS) is 12.5. The summed E-state index contributed by atoms with van der Waals surface area (Å²) in [7, 11) is 0. The number of ether oxygens (including phenoxy) is 1. The van der Waals surface area contributed by atoms with E-state index in [4.69, 9.17) is 15.0 Å². The van der Waals surface area contributed by atoms with Crippen LogP contribution in [0, 0.1) is 11.3 Å². The van der Waals surface area contributed by atoms with E-state index in [1.165, 1.54) is 0 Å². The molecule has 0 fully saturated rings. The summed E-state index contributed by atoms with van der Waals surface area (Å²) in [5.41, 5.74) is 8.69. The van der Waals surface area contributed by atoms with Crippen LogP contribution < -0.4 is 15.6 Å². The summed E-state index contributed by atoms with van der Waals surface area (Å²) in [6.45, 7) is -0.263. The van der Waals surface area contributed by atoms with Crippen molar-refractivity contribution < 1.29 is 14.3 Å². The zero-order valence-electron chi connectivity index (χ0n) is 16.3. The summed E-state index contributed by atoms with van der Waals surface area (Å²) < 4.78 is 5.38. The molecule has 2 aromatic carbocycles. The summed E-state index contributed by atoms with van der Waals surface area (Å²) in [4.78, 5) is 29.8. The lowest BCUT2D eigenvalue weighted by molar-refractivity contribution is -0.123. The molecule has 1 heterocycles. The minimum absolute atomic E-state index is 0.263. The second-order valence-electron chi connectivity index (χ2n) is 7.06. The number of nitriles is 1. The Labute approximate surface area is 173 Å².